The van der Waals surface area contributed by atoms with E-state index in [0.717, 1.165) is 12.1 Å². The van der Waals surface area contributed by atoms with E-state index in [2.05, 4.69) is 11.8 Å². The zero-order valence-corrected chi connectivity index (χ0v) is 11.8. The molecule has 0 radical (unpaired) electrons. The second kappa shape index (κ2) is 6.26. The highest BCUT2D eigenvalue weighted by molar-refractivity contribution is 5.41. The van der Waals surface area contributed by atoms with Crippen LogP contribution < -0.4 is 10.5 Å². The van der Waals surface area contributed by atoms with Gasteiger partial charge in [0.15, 0.2) is 11.5 Å². The zero-order valence-electron chi connectivity index (χ0n) is 11.8. The third-order valence-electron chi connectivity index (χ3n) is 4.07. The Morgan fingerprint density at radius 2 is 2.21 bits per heavy atom. The van der Waals surface area contributed by atoms with E-state index in [1.165, 1.54) is 19.3 Å². The average Bonchev–Trinajstić information content (AvgIpc) is 2.41. The summed E-state index contributed by atoms with van der Waals surface area (Å²) in [6, 6.07) is 6.61. The van der Waals surface area contributed by atoms with Gasteiger partial charge in [0.25, 0.3) is 0 Å². The van der Waals surface area contributed by atoms with Crippen molar-refractivity contribution in [3.63, 3.8) is 0 Å². The number of hydrogen-bond donors (Lipinski definition) is 2. The Kier molecular flexibility index (Phi) is 4.66. The summed E-state index contributed by atoms with van der Waals surface area (Å²) in [5, 5.41) is 9.84. The fourth-order valence-electron chi connectivity index (χ4n) is 2.92. The number of rotatable bonds is 4. The van der Waals surface area contributed by atoms with Crippen LogP contribution in [-0.2, 0) is 6.54 Å². The van der Waals surface area contributed by atoms with Gasteiger partial charge in [-0.3, -0.25) is 4.90 Å². The van der Waals surface area contributed by atoms with Gasteiger partial charge in [-0.1, -0.05) is 12.5 Å². The van der Waals surface area contributed by atoms with Crippen LogP contribution in [0.3, 0.4) is 0 Å². The highest BCUT2D eigenvalue weighted by atomic mass is 16.5. The van der Waals surface area contributed by atoms with Crippen molar-refractivity contribution in [3.8, 4) is 11.5 Å². The van der Waals surface area contributed by atoms with Crippen LogP contribution in [0.5, 0.6) is 11.5 Å². The van der Waals surface area contributed by atoms with Crippen molar-refractivity contribution in [2.24, 2.45) is 5.73 Å². The minimum Gasteiger partial charge on any atom is -0.504 e. The van der Waals surface area contributed by atoms with Gasteiger partial charge in [0.05, 0.1) is 7.11 Å². The molecule has 2 unspecified atom stereocenters. The molecule has 1 aliphatic heterocycles. The number of hydrogen-bond acceptors (Lipinski definition) is 4. The van der Waals surface area contributed by atoms with Gasteiger partial charge < -0.3 is 15.6 Å². The maximum Gasteiger partial charge on any atom is 0.160 e. The van der Waals surface area contributed by atoms with Crippen molar-refractivity contribution in [1.82, 2.24) is 4.90 Å². The zero-order chi connectivity index (χ0) is 13.8. The normalized spacial score (nSPS) is 24.4. The summed E-state index contributed by atoms with van der Waals surface area (Å²) >= 11 is 0. The number of methoxy groups -OCH3 is 1. The highest BCUT2D eigenvalue weighted by Crippen LogP contribution is 2.29. The van der Waals surface area contributed by atoms with Crippen molar-refractivity contribution >= 4 is 0 Å². The van der Waals surface area contributed by atoms with Crippen LogP contribution in [0.2, 0.25) is 0 Å². The Balaban J connectivity index is 2.12. The number of piperidine rings is 1. The average molecular weight is 264 g/mol. The number of aromatic hydroxyl groups is 1. The number of phenols is 1. The number of nitrogens with zero attached hydrogens (tertiary/aromatic N) is 1. The molecule has 0 aromatic heterocycles. The summed E-state index contributed by atoms with van der Waals surface area (Å²) < 4.78 is 5.07. The van der Waals surface area contributed by atoms with E-state index < -0.39 is 0 Å². The maximum absolute atomic E-state index is 9.84. The van der Waals surface area contributed by atoms with Crippen molar-refractivity contribution < 1.29 is 9.84 Å². The van der Waals surface area contributed by atoms with Crippen molar-refractivity contribution in [2.45, 2.75) is 44.8 Å². The largest absolute Gasteiger partial charge is 0.504 e. The molecule has 4 nitrogen and oxygen atoms in total. The van der Waals surface area contributed by atoms with E-state index in [9.17, 15) is 5.11 Å². The molecule has 1 fully saturated rings. The molecular formula is C15H24N2O2. The number of benzene rings is 1. The third kappa shape index (κ3) is 3.19. The Bertz CT molecular complexity index is 423. The van der Waals surface area contributed by atoms with Crippen LogP contribution in [-0.4, -0.2) is 35.7 Å². The first kappa shape index (κ1) is 14.2. The first-order valence-electron chi connectivity index (χ1n) is 6.97. The van der Waals surface area contributed by atoms with E-state index in [0.29, 0.717) is 24.4 Å². The Labute approximate surface area is 115 Å². The van der Waals surface area contributed by atoms with E-state index in [-0.39, 0.29) is 5.75 Å². The summed E-state index contributed by atoms with van der Waals surface area (Å²) in [5.74, 6) is 0.722. The second-order valence-corrected chi connectivity index (χ2v) is 5.35. The molecule has 0 saturated carbocycles. The van der Waals surface area contributed by atoms with Crippen molar-refractivity contribution in [2.75, 3.05) is 13.7 Å². The van der Waals surface area contributed by atoms with E-state index in [1.54, 1.807) is 13.2 Å². The van der Waals surface area contributed by atoms with Gasteiger partial charge in [-0.25, -0.2) is 0 Å². The predicted octanol–water partition coefficient (Wildman–Crippen LogP) is 2.10. The molecule has 0 amide bonds. The van der Waals surface area contributed by atoms with Gasteiger partial charge in [0.2, 0.25) is 0 Å². The van der Waals surface area contributed by atoms with Crippen LogP contribution in [0.1, 0.15) is 31.7 Å². The smallest absolute Gasteiger partial charge is 0.160 e. The van der Waals surface area contributed by atoms with Crippen LogP contribution in [0, 0.1) is 0 Å². The molecule has 2 rings (SSSR count). The lowest BCUT2D eigenvalue weighted by Crippen LogP contribution is -2.48. The lowest BCUT2D eigenvalue weighted by atomic mass is 9.95. The van der Waals surface area contributed by atoms with E-state index >= 15 is 0 Å². The number of phenolic OH excluding ortho intramolecular Hbond substituents is 1. The summed E-state index contributed by atoms with van der Waals surface area (Å²) in [7, 11) is 1.56. The molecule has 1 saturated heterocycles. The van der Waals surface area contributed by atoms with Gasteiger partial charge >= 0.3 is 0 Å². The topological polar surface area (TPSA) is 58.7 Å². The lowest BCUT2D eigenvalue weighted by molar-refractivity contribution is 0.0891. The van der Waals surface area contributed by atoms with Crippen LogP contribution in [0.15, 0.2) is 18.2 Å². The molecule has 1 aliphatic rings. The minimum absolute atomic E-state index is 0.203. The van der Waals surface area contributed by atoms with Crippen molar-refractivity contribution in [1.29, 1.82) is 0 Å². The number of likely N-dealkylation sites (tertiary alicyclic amines) is 1. The number of ether oxygens (including phenoxy) is 1. The first-order valence-corrected chi connectivity index (χ1v) is 6.97. The molecule has 3 N–H and O–H groups in total. The molecule has 106 valence electrons. The maximum atomic E-state index is 9.84. The molecule has 0 bridgehead atoms. The van der Waals surface area contributed by atoms with E-state index in [1.807, 2.05) is 12.1 Å². The van der Waals surface area contributed by atoms with Gasteiger partial charge in [-0.05, 0) is 37.5 Å². The molecule has 0 spiro atoms. The monoisotopic (exact) mass is 264 g/mol. The molecule has 4 heteroatoms. The van der Waals surface area contributed by atoms with E-state index in [4.69, 9.17) is 10.5 Å². The molecule has 1 aromatic carbocycles. The summed E-state index contributed by atoms with van der Waals surface area (Å²) in [4.78, 5) is 2.45. The van der Waals surface area contributed by atoms with Gasteiger partial charge in [-0.2, -0.15) is 0 Å². The minimum atomic E-state index is 0.203. The fraction of sp³-hybridized carbons (Fsp3) is 0.600. The Morgan fingerprint density at radius 3 is 2.84 bits per heavy atom. The van der Waals surface area contributed by atoms with Gasteiger partial charge in [-0.15, -0.1) is 0 Å². The van der Waals surface area contributed by atoms with Gasteiger partial charge in [0, 0.05) is 25.2 Å². The summed E-state index contributed by atoms with van der Waals surface area (Å²) in [5.41, 5.74) is 6.98. The second-order valence-electron chi connectivity index (χ2n) is 5.35. The van der Waals surface area contributed by atoms with Gasteiger partial charge in [0.1, 0.15) is 0 Å². The predicted molar refractivity (Wildman–Crippen MR) is 76.4 cm³/mol. The highest BCUT2D eigenvalue weighted by Gasteiger charge is 2.26. The van der Waals surface area contributed by atoms with Crippen LogP contribution >= 0.6 is 0 Å². The standard InChI is InChI=1S/C15H24N2O2/c1-11-4-3-5-13(9-16)17(11)10-12-6-7-15(19-2)14(18)8-12/h6-8,11,13,18H,3-5,9-10,16H2,1-2H3. The summed E-state index contributed by atoms with van der Waals surface area (Å²) in [6.07, 6.45) is 3.65. The first-order chi connectivity index (χ1) is 9.15. The molecule has 0 aliphatic carbocycles. The summed E-state index contributed by atoms with van der Waals surface area (Å²) in [6.45, 7) is 3.79. The SMILES string of the molecule is COc1ccc(CN2C(C)CCCC2CN)cc1O. The molecule has 19 heavy (non-hydrogen) atoms. The quantitative estimate of drug-likeness (QED) is 0.874. The Morgan fingerprint density at radius 1 is 1.42 bits per heavy atom. The fourth-order valence-corrected chi connectivity index (χ4v) is 2.92. The molecule has 1 heterocycles. The molecular weight excluding hydrogens is 240 g/mol. The Hall–Kier alpha value is -1.26. The number of nitrogens with two attached hydrogens (primary N) is 1. The van der Waals surface area contributed by atoms with Crippen molar-refractivity contribution in [3.05, 3.63) is 23.8 Å². The molecule has 2 atom stereocenters. The van der Waals surface area contributed by atoms with Crippen LogP contribution in [0.25, 0.3) is 0 Å². The lowest BCUT2D eigenvalue weighted by Gasteiger charge is -2.40. The van der Waals surface area contributed by atoms with Crippen LogP contribution in [0.4, 0.5) is 0 Å². The molecule has 1 aromatic rings. The third-order valence-corrected chi connectivity index (χ3v) is 4.07.